The van der Waals surface area contributed by atoms with Crippen molar-refractivity contribution in [2.24, 2.45) is 0 Å². The van der Waals surface area contributed by atoms with E-state index >= 15 is 0 Å². The quantitative estimate of drug-likeness (QED) is 0.760. The lowest BCUT2D eigenvalue weighted by molar-refractivity contribution is 0.738. The van der Waals surface area contributed by atoms with Gasteiger partial charge >= 0.3 is 0 Å². The molecule has 70 valence electrons. The molecule has 0 unspecified atom stereocenters. The predicted octanol–water partition coefficient (Wildman–Crippen LogP) is 3.75. The van der Waals surface area contributed by atoms with Crippen LogP contribution in [0.5, 0.6) is 0 Å². The zero-order valence-corrected chi connectivity index (χ0v) is 10.1. The molecule has 2 rings (SSSR count). The van der Waals surface area contributed by atoms with Crippen LogP contribution >= 0.6 is 27.7 Å². The van der Waals surface area contributed by atoms with Gasteiger partial charge in [-0.3, -0.25) is 0 Å². The highest BCUT2D eigenvalue weighted by Crippen LogP contribution is 2.43. The number of rotatable bonds is 0. The summed E-state index contributed by atoms with van der Waals surface area (Å²) in [5, 5.41) is 3.45. The monoisotopic (exact) mass is 257 g/mol. The fourth-order valence-corrected chi connectivity index (χ4v) is 3.20. The summed E-state index contributed by atoms with van der Waals surface area (Å²) in [4.78, 5) is 1.34. The minimum Gasteiger partial charge on any atom is -0.382 e. The second-order valence-corrected chi connectivity index (χ2v) is 6.43. The van der Waals surface area contributed by atoms with Crippen molar-refractivity contribution in [2.75, 3.05) is 11.9 Å². The highest BCUT2D eigenvalue weighted by atomic mass is 79.9. The lowest BCUT2D eigenvalue weighted by Gasteiger charge is -2.32. The number of hydrogen-bond acceptors (Lipinski definition) is 2. The van der Waals surface area contributed by atoms with Crippen molar-refractivity contribution in [2.45, 2.75) is 23.5 Å². The van der Waals surface area contributed by atoms with Crippen LogP contribution in [0.25, 0.3) is 0 Å². The Bertz CT molecular complexity index is 336. The number of hydrogen-bond donors (Lipinski definition) is 1. The number of para-hydroxylation sites is 1. The van der Waals surface area contributed by atoms with Gasteiger partial charge in [-0.1, -0.05) is 6.07 Å². The zero-order valence-electron chi connectivity index (χ0n) is 7.73. The van der Waals surface area contributed by atoms with Crippen LogP contribution in [-0.4, -0.2) is 11.3 Å². The summed E-state index contributed by atoms with van der Waals surface area (Å²) in [6.45, 7) is 5.54. The summed E-state index contributed by atoms with van der Waals surface area (Å²) in [7, 11) is 0. The van der Waals surface area contributed by atoms with Gasteiger partial charge in [-0.05, 0) is 41.9 Å². The van der Waals surface area contributed by atoms with Crippen LogP contribution in [0.1, 0.15) is 13.8 Å². The second kappa shape index (κ2) is 3.21. The van der Waals surface area contributed by atoms with Gasteiger partial charge in [-0.2, -0.15) is 0 Å². The molecule has 0 saturated carbocycles. The third-order valence-corrected chi connectivity index (χ3v) is 3.97. The molecular weight excluding hydrogens is 246 g/mol. The Morgan fingerprint density at radius 3 is 3.00 bits per heavy atom. The molecule has 1 aromatic rings. The largest absolute Gasteiger partial charge is 0.382 e. The first-order valence-electron chi connectivity index (χ1n) is 4.30. The van der Waals surface area contributed by atoms with Gasteiger partial charge in [0, 0.05) is 20.7 Å². The Labute approximate surface area is 91.4 Å². The van der Waals surface area contributed by atoms with E-state index in [1.165, 1.54) is 10.6 Å². The van der Waals surface area contributed by atoms with Crippen molar-refractivity contribution in [1.29, 1.82) is 0 Å². The molecule has 1 aromatic carbocycles. The first-order valence-corrected chi connectivity index (χ1v) is 5.91. The maximum absolute atomic E-state index is 3.54. The number of nitrogens with one attached hydrogen (secondary N) is 1. The average Bonchev–Trinajstić information content (AvgIpc) is 2.02. The molecule has 13 heavy (non-hydrogen) atoms. The molecule has 0 saturated heterocycles. The highest BCUT2D eigenvalue weighted by Gasteiger charge is 2.26. The minimum absolute atomic E-state index is 0.299. The topological polar surface area (TPSA) is 12.0 Å². The fraction of sp³-hybridized carbons (Fsp3) is 0.400. The lowest BCUT2D eigenvalue weighted by atomic mass is 10.2. The number of benzene rings is 1. The van der Waals surface area contributed by atoms with Crippen LogP contribution in [0.2, 0.25) is 0 Å². The minimum atomic E-state index is 0.299. The molecule has 3 heteroatoms. The molecule has 1 nitrogen and oxygen atoms in total. The van der Waals surface area contributed by atoms with Gasteiger partial charge in [0.2, 0.25) is 0 Å². The number of fused-ring (bicyclic) bond motifs is 1. The van der Waals surface area contributed by atoms with Crippen molar-refractivity contribution in [1.82, 2.24) is 0 Å². The Balaban J connectivity index is 2.42. The third-order valence-electron chi connectivity index (χ3n) is 2.05. The molecule has 0 bridgehead atoms. The van der Waals surface area contributed by atoms with Gasteiger partial charge in [-0.15, -0.1) is 11.8 Å². The number of anilines is 1. The van der Waals surface area contributed by atoms with Gasteiger partial charge in [0.1, 0.15) is 0 Å². The summed E-state index contributed by atoms with van der Waals surface area (Å²) < 4.78 is 1.46. The standard InChI is InChI=1S/C10H12BrNS/c1-10(2)6-12-9-7(11)4-3-5-8(9)13-10/h3-5,12H,6H2,1-2H3. The molecule has 1 heterocycles. The van der Waals surface area contributed by atoms with E-state index in [1.807, 2.05) is 11.8 Å². The van der Waals surface area contributed by atoms with E-state index in [4.69, 9.17) is 0 Å². The Morgan fingerprint density at radius 1 is 1.46 bits per heavy atom. The van der Waals surface area contributed by atoms with Crippen molar-refractivity contribution in [3.8, 4) is 0 Å². The van der Waals surface area contributed by atoms with Crippen LogP contribution in [0.4, 0.5) is 5.69 Å². The van der Waals surface area contributed by atoms with Crippen molar-refractivity contribution >= 4 is 33.4 Å². The number of thioether (sulfide) groups is 1. The molecule has 0 fully saturated rings. The Kier molecular flexibility index (Phi) is 2.32. The maximum atomic E-state index is 3.54. The van der Waals surface area contributed by atoms with Crippen LogP contribution in [0.3, 0.4) is 0 Å². The Morgan fingerprint density at radius 2 is 2.23 bits per heavy atom. The lowest BCUT2D eigenvalue weighted by Crippen LogP contribution is -2.30. The van der Waals surface area contributed by atoms with E-state index in [2.05, 4.69) is 53.3 Å². The van der Waals surface area contributed by atoms with Crippen molar-refractivity contribution in [3.05, 3.63) is 22.7 Å². The molecule has 1 aliphatic heterocycles. The first-order chi connectivity index (χ1) is 6.08. The van der Waals surface area contributed by atoms with Gasteiger partial charge in [0.25, 0.3) is 0 Å². The van der Waals surface area contributed by atoms with E-state index in [0.29, 0.717) is 4.75 Å². The molecule has 0 spiro atoms. The smallest absolute Gasteiger partial charge is 0.0623 e. The van der Waals surface area contributed by atoms with E-state index in [-0.39, 0.29) is 0 Å². The molecule has 1 aliphatic rings. The van der Waals surface area contributed by atoms with E-state index in [1.54, 1.807) is 0 Å². The van der Waals surface area contributed by atoms with Gasteiger partial charge in [-0.25, -0.2) is 0 Å². The molecule has 0 amide bonds. The van der Waals surface area contributed by atoms with Crippen LogP contribution < -0.4 is 5.32 Å². The maximum Gasteiger partial charge on any atom is 0.0623 e. The summed E-state index contributed by atoms with van der Waals surface area (Å²) in [6, 6.07) is 6.32. The van der Waals surface area contributed by atoms with E-state index in [0.717, 1.165) is 11.0 Å². The third kappa shape index (κ3) is 1.86. The summed E-state index contributed by atoms with van der Waals surface area (Å²) in [6.07, 6.45) is 0. The Hall–Kier alpha value is -0.150. The van der Waals surface area contributed by atoms with E-state index < -0.39 is 0 Å². The molecule has 0 aliphatic carbocycles. The SMILES string of the molecule is CC1(C)CNc2c(Br)cccc2S1. The molecular formula is C10H12BrNS. The first kappa shape index (κ1) is 9.41. The van der Waals surface area contributed by atoms with Crippen LogP contribution in [0.15, 0.2) is 27.6 Å². The van der Waals surface area contributed by atoms with Crippen LogP contribution in [-0.2, 0) is 0 Å². The molecule has 0 atom stereocenters. The predicted molar refractivity (Wildman–Crippen MR) is 62.6 cm³/mol. The second-order valence-electron chi connectivity index (χ2n) is 3.83. The molecule has 0 aromatic heterocycles. The molecule has 1 N–H and O–H groups in total. The average molecular weight is 258 g/mol. The fourth-order valence-electron chi connectivity index (χ4n) is 1.40. The van der Waals surface area contributed by atoms with Gasteiger partial charge in [0.05, 0.1) is 5.69 Å². The summed E-state index contributed by atoms with van der Waals surface area (Å²) in [5.74, 6) is 0. The number of halogens is 1. The van der Waals surface area contributed by atoms with Crippen LogP contribution in [0, 0.1) is 0 Å². The van der Waals surface area contributed by atoms with Gasteiger partial charge in [0.15, 0.2) is 0 Å². The van der Waals surface area contributed by atoms with E-state index in [9.17, 15) is 0 Å². The summed E-state index contributed by atoms with van der Waals surface area (Å²) in [5.41, 5.74) is 1.24. The molecule has 0 radical (unpaired) electrons. The van der Waals surface area contributed by atoms with Crippen molar-refractivity contribution in [3.63, 3.8) is 0 Å². The van der Waals surface area contributed by atoms with Crippen molar-refractivity contribution < 1.29 is 0 Å². The normalized spacial score (nSPS) is 19.0. The zero-order chi connectivity index (χ0) is 9.47. The summed E-state index contributed by atoms with van der Waals surface area (Å²) >= 11 is 5.48. The highest BCUT2D eigenvalue weighted by molar-refractivity contribution is 9.10. The van der Waals surface area contributed by atoms with Gasteiger partial charge < -0.3 is 5.32 Å².